The van der Waals surface area contributed by atoms with Gasteiger partial charge in [-0.3, -0.25) is 4.21 Å². The number of hydrogen-bond donors (Lipinski definition) is 0. The van der Waals surface area contributed by atoms with E-state index in [2.05, 4.69) is 25.8 Å². The second-order valence-electron chi connectivity index (χ2n) is 5.93. The van der Waals surface area contributed by atoms with Crippen molar-refractivity contribution in [2.75, 3.05) is 0 Å². The van der Waals surface area contributed by atoms with Gasteiger partial charge in [-0.05, 0) is 40.8 Å². The molecule has 3 nitrogen and oxygen atoms in total. The summed E-state index contributed by atoms with van der Waals surface area (Å²) in [6.45, 7) is 6.46. The van der Waals surface area contributed by atoms with Crippen molar-refractivity contribution in [1.29, 1.82) is 5.26 Å². The van der Waals surface area contributed by atoms with Gasteiger partial charge in [0.05, 0.1) is 16.6 Å². The molecule has 2 rings (SSSR count). The summed E-state index contributed by atoms with van der Waals surface area (Å²) in [6, 6.07) is 13.4. The molecule has 0 fully saturated rings. The molecule has 0 N–H and O–H groups in total. The van der Waals surface area contributed by atoms with E-state index in [1.54, 1.807) is 18.3 Å². The molecule has 0 saturated heterocycles. The molecule has 0 spiro atoms. The maximum Gasteiger partial charge on any atom is 0.140 e. The van der Waals surface area contributed by atoms with Crippen molar-refractivity contribution in [2.24, 2.45) is 0 Å². The molecule has 1 atom stereocenters. The third kappa shape index (κ3) is 3.99. The lowest BCUT2D eigenvalue weighted by atomic mass is 9.87. The zero-order valence-corrected chi connectivity index (χ0v) is 13.3. The molecular formula is C17H18N2OS. The number of aromatic nitrogens is 1. The maximum atomic E-state index is 12.4. The smallest absolute Gasteiger partial charge is 0.140 e. The number of nitrogens with zero attached hydrogens (tertiary/aromatic N) is 2. The first-order valence-electron chi connectivity index (χ1n) is 6.74. The van der Waals surface area contributed by atoms with Gasteiger partial charge in [-0.25, -0.2) is 4.98 Å². The zero-order chi connectivity index (χ0) is 15.5. The van der Waals surface area contributed by atoms with Crippen LogP contribution in [-0.2, 0) is 22.0 Å². The highest BCUT2D eigenvalue weighted by Crippen LogP contribution is 2.23. The van der Waals surface area contributed by atoms with Gasteiger partial charge in [-0.1, -0.05) is 32.9 Å². The van der Waals surface area contributed by atoms with Crippen molar-refractivity contribution in [3.63, 3.8) is 0 Å². The Bertz CT molecular complexity index is 694. The van der Waals surface area contributed by atoms with Gasteiger partial charge in [-0.15, -0.1) is 0 Å². The molecule has 1 aromatic carbocycles. The maximum absolute atomic E-state index is 12.4. The van der Waals surface area contributed by atoms with E-state index in [-0.39, 0.29) is 5.41 Å². The predicted octanol–water partition coefficient (Wildman–Crippen LogP) is 3.56. The summed E-state index contributed by atoms with van der Waals surface area (Å²) >= 11 is 0. The minimum Gasteiger partial charge on any atom is -0.254 e. The topological polar surface area (TPSA) is 53.8 Å². The molecule has 21 heavy (non-hydrogen) atoms. The van der Waals surface area contributed by atoms with Crippen molar-refractivity contribution < 1.29 is 4.21 Å². The fourth-order valence-corrected chi connectivity index (χ4v) is 3.06. The van der Waals surface area contributed by atoms with E-state index >= 15 is 0 Å². The Balaban J connectivity index is 2.15. The number of rotatable bonds is 3. The van der Waals surface area contributed by atoms with Gasteiger partial charge in [-0.2, -0.15) is 5.26 Å². The molecule has 0 amide bonds. The molecule has 1 heterocycles. The van der Waals surface area contributed by atoms with Gasteiger partial charge >= 0.3 is 0 Å². The normalized spacial score (nSPS) is 12.7. The van der Waals surface area contributed by atoms with Crippen LogP contribution in [0.2, 0.25) is 0 Å². The van der Waals surface area contributed by atoms with Crippen molar-refractivity contribution in [3.8, 4) is 6.07 Å². The van der Waals surface area contributed by atoms with Crippen molar-refractivity contribution >= 4 is 10.8 Å². The van der Waals surface area contributed by atoms with Crippen LogP contribution in [-0.4, -0.2) is 9.19 Å². The Morgan fingerprint density at radius 1 is 1.19 bits per heavy atom. The highest BCUT2D eigenvalue weighted by atomic mass is 32.2. The number of pyridine rings is 1. The Morgan fingerprint density at radius 2 is 1.86 bits per heavy atom. The van der Waals surface area contributed by atoms with Crippen LogP contribution in [0.4, 0.5) is 0 Å². The standard InChI is InChI=1S/C17H18N2OS/c1-17(2,3)14-4-6-16(7-5-14)21(20)12-13-8-9-19-15(10-13)11-18/h4-10H,12H2,1-3H3. The quantitative estimate of drug-likeness (QED) is 0.870. The minimum atomic E-state index is -1.12. The SMILES string of the molecule is CC(C)(C)c1ccc(S(=O)Cc2ccnc(C#N)c2)cc1. The number of nitriles is 1. The Hall–Kier alpha value is -1.99. The first-order valence-corrected chi connectivity index (χ1v) is 8.06. The molecule has 0 radical (unpaired) electrons. The molecule has 0 aliphatic rings. The molecule has 1 unspecified atom stereocenters. The summed E-state index contributed by atoms with van der Waals surface area (Å²) in [5, 5.41) is 8.83. The van der Waals surface area contributed by atoms with E-state index in [0.29, 0.717) is 11.4 Å². The largest absolute Gasteiger partial charge is 0.254 e. The van der Waals surface area contributed by atoms with E-state index < -0.39 is 10.8 Å². The van der Waals surface area contributed by atoms with Crippen LogP contribution >= 0.6 is 0 Å². The second kappa shape index (κ2) is 6.19. The van der Waals surface area contributed by atoms with Crippen molar-refractivity contribution in [3.05, 3.63) is 59.4 Å². The van der Waals surface area contributed by atoms with Crippen LogP contribution in [0, 0.1) is 11.3 Å². The van der Waals surface area contributed by atoms with E-state index in [1.165, 1.54) is 5.56 Å². The minimum absolute atomic E-state index is 0.0901. The molecular weight excluding hydrogens is 280 g/mol. The molecule has 1 aromatic heterocycles. The third-order valence-electron chi connectivity index (χ3n) is 3.22. The molecule has 4 heteroatoms. The van der Waals surface area contributed by atoms with Crippen LogP contribution in [0.1, 0.15) is 37.6 Å². The van der Waals surface area contributed by atoms with Crippen LogP contribution in [0.3, 0.4) is 0 Å². The Labute approximate surface area is 128 Å². The van der Waals surface area contributed by atoms with Gasteiger partial charge in [0.15, 0.2) is 0 Å². The van der Waals surface area contributed by atoms with Crippen LogP contribution < -0.4 is 0 Å². The second-order valence-corrected chi connectivity index (χ2v) is 7.38. The lowest BCUT2D eigenvalue weighted by molar-refractivity contribution is 0.589. The summed E-state index contributed by atoms with van der Waals surface area (Å²) in [5.41, 5.74) is 2.53. The lowest BCUT2D eigenvalue weighted by Crippen LogP contribution is -2.10. The van der Waals surface area contributed by atoms with E-state index in [4.69, 9.17) is 5.26 Å². The summed E-state index contributed by atoms with van der Waals surface area (Å²) in [6.07, 6.45) is 1.58. The van der Waals surface area contributed by atoms with Gasteiger partial charge in [0, 0.05) is 11.1 Å². The predicted molar refractivity (Wildman–Crippen MR) is 84.2 cm³/mol. The Kier molecular flexibility index (Phi) is 4.54. The van der Waals surface area contributed by atoms with Crippen LogP contribution in [0.15, 0.2) is 47.5 Å². The van der Waals surface area contributed by atoms with Gasteiger partial charge in [0.25, 0.3) is 0 Å². The first kappa shape index (κ1) is 15.4. The molecule has 0 saturated carbocycles. The molecule has 0 aliphatic carbocycles. The highest BCUT2D eigenvalue weighted by Gasteiger charge is 2.14. The molecule has 108 valence electrons. The molecule has 2 aromatic rings. The number of benzene rings is 1. The van der Waals surface area contributed by atoms with E-state index in [1.807, 2.05) is 30.3 Å². The van der Waals surface area contributed by atoms with Crippen LogP contribution in [0.5, 0.6) is 0 Å². The molecule has 0 aliphatic heterocycles. The summed E-state index contributed by atoms with van der Waals surface area (Å²) in [4.78, 5) is 4.72. The summed E-state index contributed by atoms with van der Waals surface area (Å²) in [5.74, 6) is 0.395. The fourth-order valence-electron chi connectivity index (χ4n) is 1.97. The van der Waals surface area contributed by atoms with E-state index in [0.717, 1.165) is 10.5 Å². The van der Waals surface area contributed by atoms with Crippen molar-refractivity contribution in [1.82, 2.24) is 4.98 Å². The molecule has 0 bridgehead atoms. The third-order valence-corrected chi connectivity index (χ3v) is 4.61. The average Bonchev–Trinajstić information content (AvgIpc) is 2.46. The van der Waals surface area contributed by atoms with Gasteiger partial charge < -0.3 is 0 Å². The van der Waals surface area contributed by atoms with Crippen LogP contribution in [0.25, 0.3) is 0 Å². The fraction of sp³-hybridized carbons (Fsp3) is 0.294. The number of hydrogen-bond acceptors (Lipinski definition) is 3. The van der Waals surface area contributed by atoms with Gasteiger partial charge in [0.2, 0.25) is 0 Å². The van der Waals surface area contributed by atoms with Crippen molar-refractivity contribution in [2.45, 2.75) is 36.8 Å². The van der Waals surface area contributed by atoms with Gasteiger partial charge in [0.1, 0.15) is 11.8 Å². The lowest BCUT2D eigenvalue weighted by Gasteiger charge is -2.19. The first-order chi connectivity index (χ1) is 9.90. The van der Waals surface area contributed by atoms with E-state index in [9.17, 15) is 4.21 Å². The summed E-state index contributed by atoms with van der Waals surface area (Å²) < 4.78 is 12.4. The average molecular weight is 298 g/mol. The Morgan fingerprint density at radius 3 is 2.43 bits per heavy atom. The zero-order valence-electron chi connectivity index (χ0n) is 12.5. The summed E-state index contributed by atoms with van der Waals surface area (Å²) in [7, 11) is -1.12. The highest BCUT2D eigenvalue weighted by molar-refractivity contribution is 7.84. The monoisotopic (exact) mass is 298 g/mol.